The van der Waals surface area contributed by atoms with Crippen LogP contribution in [0.1, 0.15) is 12.0 Å². The van der Waals surface area contributed by atoms with Crippen LogP contribution in [0.4, 0.5) is 5.69 Å². The molecule has 2 heterocycles. The fourth-order valence-electron chi connectivity index (χ4n) is 2.79. The van der Waals surface area contributed by atoms with E-state index in [1.165, 1.54) is 0 Å². The third-order valence-electron chi connectivity index (χ3n) is 3.79. The third kappa shape index (κ3) is 4.11. The van der Waals surface area contributed by atoms with Crippen molar-refractivity contribution in [2.45, 2.75) is 13.0 Å². The van der Waals surface area contributed by atoms with Gasteiger partial charge in [0.15, 0.2) is 0 Å². The highest BCUT2D eigenvalue weighted by Crippen LogP contribution is 2.27. The third-order valence-corrected chi connectivity index (χ3v) is 5.04. The molecule has 1 aliphatic rings. The predicted molar refractivity (Wildman–Crippen MR) is 87.9 cm³/mol. The molecule has 1 fully saturated rings. The highest BCUT2D eigenvalue weighted by Gasteiger charge is 2.33. The van der Waals surface area contributed by atoms with Gasteiger partial charge < -0.3 is 4.90 Å². The van der Waals surface area contributed by atoms with Crippen molar-refractivity contribution in [1.82, 2.24) is 9.78 Å². The van der Waals surface area contributed by atoms with Crippen molar-refractivity contribution in [2.24, 2.45) is 5.92 Å². The fraction of sp³-hybridized carbons (Fsp3) is 0.333. The minimum Gasteiger partial charge on any atom is -0.312 e. The molecule has 0 N–H and O–H groups in total. The number of benzene rings is 1. The first-order valence-corrected chi connectivity index (χ1v) is 9.67. The minimum absolute atomic E-state index is 0.0739. The number of nitrogens with zero attached hydrogens (tertiary/aromatic N) is 3. The normalized spacial score (nSPS) is 18.6. The number of halogens is 1. The van der Waals surface area contributed by atoms with Crippen molar-refractivity contribution in [2.75, 3.05) is 17.2 Å². The van der Waals surface area contributed by atoms with Crippen molar-refractivity contribution in [3.63, 3.8) is 0 Å². The zero-order valence-corrected chi connectivity index (χ0v) is 13.9. The van der Waals surface area contributed by atoms with E-state index in [9.17, 15) is 13.2 Å². The first kappa shape index (κ1) is 16.0. The summed E-state index contributed by atoms with van der Waals surface area (Å²) in [7, 11) is 1.69. The van der Waals surface area contributed by atoms with Gasteiger partial charge in [-0.15, -0.1) is 0 Å². The van der Waals surface area contributed by atoms with Crippen LogP contribution in [-0.4, -0.2) is 36.4 Å². The SMILES string of the molecule is O=C1CC(CS(=O)(=O)Cl)CN1c1ccc(Cn2cccn2)cc1. The first-order valence-electron chi connectivity index (χ1n) is 7.20. The maximum Gasteiger partial charge on any atom is 0.232 e. The zero-order chi connectivity index (χ0) is 16.4. The number of hydrogen-bond acceptors (Lipinski definition) is 4. The molecule has 23 heavy (non-hydrogen) atoms. The topological polar surface area (TPSA) is 72.3 Å². The van der Waals surface area contributed by atoms with Crippen LogP contribution >= 0.6 is 10.7 Å². The van der Waals surface area contributed by atoms with E-state index in [1.54, 1.807) is 11.1 Å². The maximum atomic E-state index is 12.1. The summed E-state index contributed by atoms with van der Waals surface area (Å²) < 4.78 is 24.1. The Morgan fingerprint density at radius 3 is 2.61 bits per heavy atom. The van der Waals surface area contributed by atoms with Crippen molar-refractivity contribution in [1.29, 1.82) is 0 Å². The summed E-state index contributed by atoms with van der Waals surface area (Å²) in [6, 6.07) is 9.48. The fourth-order valence-corrected chi connectivity index (χ4v) is 4.11. The largest absolute Gasteiger partial charge is 0.312 e. The van der Waals surface area contributed by atoms with Gasteiger partial charge >= 0.3 is 0 Å². The summed E-state index contributed by atoms with van der Waals surface area (Å²) >= 11 is 0. The molecule has 0 aliphatic carbocycles. The molecule has 1 amide bonds. The Balaban J connectivity index is 1.68. The molecule has 8 heteroatoms. The molecule has 1 aromatic heterocycles. The van der Waals surface area contributed by atoms with Crippen molar-refractivity contribution in [3.05, 3.63) is 48.3 Å². The Bertz CT molecular complexity index is 788. The van der Waals surface area contributed by atoms with Gasteiger partial charge in [0.25, 0.3) is 0 Å². The van der Waals surface area contributed by atoms with Crippen LogP contribution in [0.2, 0.25) is 0 Å². The van der Waals surface area contributed by atoms with Crippen LogP contribution in [0.15, 0.2) is 42.7 Å². The van der Waals surface area contributed by atoms with Gasteiger partial charge in [0.1, 0.15) is 0 Å². The highest BCUT2D eigenvalue weighted by molar-refractivity contribution is 8.13. The van der Waals surface area contributed by atoms with E-state index in [-0.39, 0.29) is 24.0 Å². The molecule has 3 rings (SSSR count). The molecule has 1 aromatic carbocycles. The van der Waals surface area contributed by atoms with Gasteiger partial charge in [-0.05, 0) is 23.8 Å². The molecule has 1 atom stereocenters. The minimum atomic E-state index is -3.59. The molecular weight excluding hydrogens is 338 g/mol. The van der Waals surface area contributed by atoms with E-state index in [4.69, 9.17) is 10.7 Å². The van der Waals surface area contributed by atoms with Gasteiger partial charge in [0, 0.05) is 47.6 Å². The summed E-state index contributed by atoms with van der Waals surface area (Å²) in [6.07, 6.45) is 3.82. The lowest BCUT2D eigenvalue weighted by atomic mass is 10.1. The molecule has 6 nitrogen and oxygen atoms in total. The van der Waals surface area contributed by atoms with Crippen molar-refractivity contribution < 1.29 is 13.2 Å². The molecule has 1 unspecified atom stereocenters. The van der Waals surface area contributed by atoms with Crippen molar-refractivity contribution in [3.8, 4) is 0 Å². The lowest BCUT2D eigenvalue weighted by Gasteiger charge is -2.17. The number of hydrogen-bond donors (Lipinski definition) is 0. The van der Waals surface area contributed by atoms with Crippen LogP contribution < -0.4 is 4.90 Å². The standard InChI is InChI=1S/C15H16ClN3O3S/c16-23(21,22)11-13-8-15(20)19(10-13)14-4-2-12(3-5-14)9-18-7-1-6-17-18/h1-7,13H,8-11H2. The molecule has 1 aliphatic heterocycles. The Morgan fingerprint density at radius 2 is 2.00 bits per heavy atom. The molecule has 2 aromatic rings. The van der Waals surface area contributed by atoms with Crippen LogP contribution in [0.25, 0.3) is 0 Å². The first-order chi connectivity index (χ1) is 10.9. The van der Waals surface area contributed by atoms with Crippen LogP contribution in [0.3, 0.4) is 0 Å². The number of rotatable bonds is 5. The molecule has 0 saturated carbocycles. The van der Waals surface area contributed by atoms with E-state index >= 15 is 0 Å². The van der Waals surface area contributed by atoms with Gasteiger partial charge in [-0.1, -0.05) is 12.1 Å². The summed E-state index contributed by atoms with van der Waals surface area (Å²) in [5, 5.41) is 4.15. The second kappa shape index (κ2) is 6.33. The Hall–Kier alpha value is -1.86. The Kier molecular flexibility index (Phi) is 4.41. The number of carbonyl (C=O) groups is 1. The summed E-state index contributed by atoms with van der Waals surface area (Å²) in [5.41, 5.74) is 1.85. The number of aromatic nitrogens is 2. The molecule has 0 bridgehead atoms. The molecule has 122 valence electrons. The monoisotopic (exact) mass is 353 g/mol. The lowest BCUT2D eigenvalue weighted by Crippen LogP contribution is -2.25. The van der Waals surface area contributed by atoms with Gasteiger partial charge in [-0.3, -0.25) is 9.48 Å². The lowest BCUT2D eigenvalue weighted by molar-refractivity contribution is -0.117. The van der Waals surface area contributed by atoms with E-state index in [1.807, 2.05) is 41.2 Å². The molecule has 0 radical (unpaired) electrons. The summed E-state index contributed by atoms with van der Waals surface area (Å²) in [5.74, 6) is -0.502. The van der Waals surface area contributed by atoms with Gasteiger partial charge in [0.2, 0.25) is 15.0 Å². The second-order valence-corrected chi connectivity index (χ2v) is 8.47. The average molecular weight is 354 g/mol. The van der Waals surface area contributed by atoms with Crippen LogP contribution in [0, 0.1) is 5.92 Å². The summed E-state index contributed by atoms with van der Waals surface area (Å²) in [6.45, 7) is 1.04. The van der Waals surface area contributed by atoms with E-state index < -0.39 is 9.05 Å². The number of carbonyl (C=O) groups excluding carboxylic acids is 1. The van der Waals surface area contributed by atoms with Crippen LogP contribution in [-0.2, 0) is 20.4 Å². The van der Waals surface area contributed by atoms with Gasteiger partial charge in [-0.25, -0.2) is 8.42 Å². The molecule has 1 saturated heterocycles. The highest BCUT2D eigenvalue weighted by atomic mass is 35.7. The smallest absolute Gasteiger partial charge is 0.232 e. The Morgan fingerprint density at radius 1 is 1.26 bits per heavy atom. The maximum absolute atomic E-state index is 12.1. The van der Waals surface area contributed by atoms with Crippen molar-refractivity contribution >= 4 is 31.3 Å². The van der Waals surface area contributed by atoms with E-state index in [0.717, 1.165) is 11.3 Å². The Labute approximate surface area is 139 Å². The number of amides is 1. The zero-order valence-electron chi connectivity index (χ0n) is 12.3. The molecular formula is C15H16ClN3O3S. The van der Waals surface area contributed by atoms with Gasteiger partial charge in [0.05, 0.1) is 12.3 Å². The molecule has 0 spiro atoms. The van der Waals surface area contributed by atoms with Crippen LogP contribution in [0.5, 0.6) is 0 Å². The van der Waals surface area contributed by atoms with Gasteiger partial charge in [-0.2, -0.15) is 5.10 Å². The predicted octanol–water partition coefficient (Wildman–Crippen LogP) is 1.85. The number of anilines is 1. The quantitative estimate of drug-likeness (QED) is 0.769. The van der Waals surface area contributed by atoms with E-state index in [0.29, 0.717) is 13.1 Å². The average Bonchev–Trinajstić information content (AvgIpc) is 3.08. The second-order valence-electron chi connectivity index (χ2n) is 5.65. The van der Waals surface area contributed by atoms with E-state index in [2.05, 4.69) is 5.10 Å². The summed E-state index contributed by atoms with van der Waals surface area (Å²) in [4.78, 5) is 13.7.